The van der Waals surface area contributed by atoms with Crippen LogP contribution in [0.25, 0.3) is 11.1 Å². The highest BCUT2D eigenvalue weighted by Gasteiger charge is 2.39. The molecule has 0 aromatic heterocycles. The predicted octanol–water partition coefficient (Wildman–Crippen LogP) is 7.35. The quantitative estimate of drug-likeness (QED) is 0.0981. The second kappa shape index (κ2) is 16.3. The van der Waals surface area contributed by atoms with E-state index in [0.29, 0.717) is 6.54 Å². The summed E-state index contributed by atoms with van der Waals surface area (Å²) in [5, 5.41) is 23.4. The van der Waals surface area contributed by atoms with Gasteiger partial charge in [0.05, 0.1) is 23.7 Å². The van der Waals surface area contributed by atoms with E-state index in [4.69, 9.17) is 44.3 Å². The Morgan fingerprint density at radius 2 is 1.55 bits per heavy atom. The number of non-ortho nitro benzene ring substituents is 1. The van der Waals surface area contributed by atoms with E-state index in [9.17, 15) is 20.0 Å². The number of rotatable bonds is 10. The van der Waals surface area contributed by atoms with E-state index in [0.717, 1.165) is 65.2 Å². The molecule has 0 aliphatic carbocycles. The van der Waals surface area contributed by atoms with Gasteiger partial charge in [0.25, 0.3) is 15.4 Å². The Morgan fingerprint density at radius 1 is 0.882 bits per heavy atom. The maximum Gasteiger partial charge on any atom is 0.272 e. The molecule has 0 saturated carbocycles. The number of anilines is 1. The molecule has 4 aromatic rings. The molecule has 0 radical (unpaired) electrons. The van der Waals surface area contributed by atoms with Crippen LogP contribution in [-0.4, -0.2) is 63.5 Å². The normalized spacial score (nSPS) is 21.3. The zero-order valence-corrected chi connectivity index (χ0v) is 30.2. The van der Waals surface area contributed by atoms with Crippen LogP contribution in [0.4, 0.5) is 11.4 Å². The van der Waals surface area contributed by atoms with Crippen molar-refractivity contribution in [3.8, 4) is 11.1 Å². The first-order valence-electron chi connectivity index (χ1n) is 16.7. The third-order valence-electron chi connectivity index (χ3n) is 9.49. The van der Waals surface area contributed by atoms with Gasteiger partial charge in [-0.3, -0.25) is 19.8 Å². The summed E-state index contributed by atoms with van der Waals surface area (Å²) in [5.74, 6) is -0.668. The Balaban J connectivity index is 1.19. The highest BCUT2D eigenvalue weighted by atomic mass is 35.6. The second-order valence-corrected chi connectivity index (χ2v) is 15.2. The molecule has 2 fully saturated rings. The lowest BCUT2D eigenvalue weighted by Gasteiger charge is -2.44. The minimum absolute atomic E-state index is 0.0247. The first-order valence-corrected chi connectivity index (χ1v) is 17.9. The van der Waals surface area contributed by atoms with E-state index in [2.05, 4.69) is 28.1 Å². The first kappa shape index (κ1) is 37.0. The topological polar surface area (TPSA) is 117 Å². The molecular formula is C38H39Cl3N4O6. The summed E-state index contributed by atoms with van der Waals surface area (Å²) < 4.78 is 11.5. The van der Waals surface area contributed by atoms with Gasteiger partial charge in [-0.25, -0.2) is 0 Å². The van der Waals surface area contributed by atoms with E-state index >= 15 is 0 Å². The van der Waals surface area contributed by atoms with Crippen LogP contribution in [0.3, 0.4) is 0 Å². The van der Waals surface area contributed by atoms with Crippen LogP contribution in [-0.2, 0) is 27.4 Å². The zero-order chi connectivity index (χ0) is 36.1. The summed E-state index contributed by atoms with van der Waals surface area (Å²) in [7, 11) is 0. The molecule has 0 spiro atoms. The van der Waals surface area contributed by atoms with Gasteiger partial charge in [-0.05, 0) is 52.1 Å². The minimum atomic E-state index is -2.04. The van der Waals surface area contributed by atoms with Crippen LogP contribution < -0.4 is 10.2 Å². The maximum absolute atomic E-state index is 12.1. The molecule has 2 saturated heterocycles. The molecule has 4 atom stereocenters. The lowest BCUT2D eigenvalue weighted by atomic mass is 9.89. The van der Waals surface area contributed by atoms with Gasteiger partial charge in [0.2, 0.25) is 0 Å². The number of piperazine rings is 1. The first-order chi connectivity index (χ1) is 24.5. The second-order valence-electron chi connectivity index (χ2n) is 12.9. The number of aliphatic hydroxyl groups is 1. The van der Waals surface area contributed by atoms with Crippen molar-refractivity contribution in [1.82, 2.24) is 10.2 Å². The number of carbonyl (C=O) groups is 1. The molecule has 2 aliphatic heterocycles. The van der Waals surface area contributed by atoms with Gasteiger partial charge < -0.3 is 24.8 Å². The van der Waals surface area contributed by atoms with Crippen LogP contribution in [0.2, 0.25) is 0 Å². The van der Waals surface area contributed by atoms with E-state index in [1.165, 1.54) is 0 Å². The van der Waals surface area contributed by atoms with Gasteiger partial charge in [-0.15, -0.1) is 0 Å². The third-order valence-corrected chi connectivity index (χ3v) is 10.0. The minimum Gasteiger partial charge on any atom is -0.392 e. The fourth-order valence-corrected chi connectivity index (χ4v) is 6.77. The van der Waals surface area contributed by atoms with Crippen molar-refractivity contribution in [2.45, 2.75) is 42.4 Å². The Morgan fingerprint density at radius 3 is 2.20 bits per heavy atom. The van der Waals surface area contributed by atoms with Crippen molar-refractivity contribution >= 4 is 52.1 Å². The fourth-order valence-electron chi connectivity index (χ4n) is 6.56. The maximum atomic E-state index is 12.1. The number of benzene rings is 4. The molecule has 13 heteroatoms. The van der Waals surface area contributed by atoms with Gasteiger partial charge in [0.15, 0.2) is 6.29 Å². The highest BCUT2D eigenvalue weighted by molar-refractivity contribution is 6.76. The van der Waals surface area contributed by atoms with Crippen LogP contribution in [0.5, 0.6) is 0 Å². The smallest absolute Gasteiger partial charge is 0.272 e. The van der Waals surface area contributed by atoms with Crippen LogP contribution in [0.1, 0.15) is 41.6 Å². The number of ether oxygens (including phenoxy) is 2. The lowest BCUT2D eigenvalue weighted by molar-refractivity contribution is -0.384. The number of nitrogens with one attached hydrogen (secondary N) is 1. The number of carbonyl (C=O) groups excluding carboxylic acids is 1. The van der Waals surface area contributed by atoms with Gasteiger partial charge in [0.1, 0.15) is 0 Å². The summed E-state index contributed by atoms with van der Waals surface area (Å²) in [5.41, 5.74) is 6.53. The number of halogens is 3. The largest absolute Gasteiger partial charge is 0.392 e. The number of amides is 1. The molecule has 1 amide bonds. The molecule has 268 valence electrons. The monoisotopic (exact) mass is 752 g/mol. The van der Waals surface area contributed by atoms with Gasteiger partial charge in [0, 0.05) is 68.6 Å². The van der Waals surface area contributed by atoms with Crippen molar-refractivity contribution in [2.24, 2.45) is 5.92 Å². The van der Waals surface area contributed by atoms with Crippen molar-refractivity contribution in [3.63, 3.8) is 0 Å². The fraction of sp³-hybridized carbons (Fsp3) is 0.342. The van der Waals surface area contributed by atoms with E-state index in [1.54, 1.807) is 12.1 Å². The third kappa shape index (κ3) is 9.20. The molecule has 51 heavy (non-hydrogen) atoms. The van der Waals surface area contributed by atoms with E-state index in [1.807, 2.05) is 78.9 Å². The molecule has 10 nitrogen and oxygen atoms in total. The average Bonchev–Trinajstić information content (AvgIpc) is 3.15. The standard InChI is InChI=1S/C38H39Cl3N4O6/c1-25-34(23-43-16-18-44(19-17-43)32-12-14-33(15-13-32)45(48)49)50-36(51-35(25)28-10-8-26(24-46)9-11-28)31-7-3-6-30(21-31)29-5-2-4-27(20-29)22-42-37(47)38(39,40)41/h2-15,20-21,25,34-36,46H,16-19,22-24H2,1H3,(H,42,47). The van der Waals surface area contributed by atoms with Crippen molar-refractivity contribution in [2.75, 3.05) is 37.6 Å². The van der Waals surface area contributed by atoms with Gasteiger partial charge >= 0.3 is 0 Å². The molecule has 2 heterocycles. The number of nitrogens with zero attached hydrogens (tertiary/aromatic N) is 3. The molecular weight excluding hydrogens is 715 g/mol. The predicted molar refractivity (Wildman–Crippen MR) is 199 cm³/mol. The zero-order valence-electron chi connectivity index (χ0n) is 28.0. The van der Waals surface area contributed by atoms with E-state index < -0.39 is 16.0 Å². The molecule has 2 aliphatic rings. The van der Waals surface area contributed by atoms with E-state index in [-0.39, 0.29) is 41.9 Å². The summed E-state index contributed by atoms with van der Waals surface area (Å²) in [6, 6.07) is 30.4. The van der Waals surface area contributed by atoms with Crippen LogP contribution in [0, 0.1) is 16.0 Å². The molecule has 4 aromatic carbocycles. The number of nitro benzene ring substituents is 1. The SMILES string of the molecule is CC1C(CN2CCN(c3ccc([N+](=O)[O-])cc3)CC2)OC(c2cccc(-c3cccc(CNC(=O)C(Cl)(Cl)Cl)c3)c2)OC1c1ccc(CO)cc1. The Hall–Kier alpha value is -3.74. The average molecular weight is 754 g/mol. The molecule has 0 bridgehead atoms. The van der Waals surface area contributed by atoms with Crippen molar-refractivity contribution in [3.05, 3.63) is 129 Å². The number of hydrogen-bond donors (Lipinski definition) is 2. The summed E-state index contributed by atoms with van der Waals surface area (Å²) in [4.78, 5) is 27.4. The van der Waals surface area contributed by atoms with Crippen molar-refractivity contribution in [1.29, 1.82) is 0 Å². The molecule has 2 N–H and O–H groups in total. The van der Waals surface area contributed by atoms with Crippen molar-refractivity contribution < 1.29 is 24.3 Å². The lowest BCUT2D eigenvalue weighted by Crippen LogP contribution is -2.51. The molecule has 4 unspecified atom stereocenters. The number of hydrogen-bond acceptors (Lipinski definition) is 8. The van der Waals surface area contributed by atoms with Gasteiger partial charge in [-0.2, -0.15) is 0 Å². The molecule has 6 rings (SSSR count). The summed E-state index contributed by atoms with van der Waals surface area (Å²) in [6.07, 6.45) is -1.04. The Labute approximate surface area is 312 Å². The Bertz CT molecular complexity index is 1810. The van der Waals surface area contributed by atoms with Gasteiger partial charge in [-0.1, -0.05) is 102 Å². The Kier molecular flexibility index (Phi) is 11.8. The number of nitro groups is 1. The number of aliphatic hydroxyl groups excluding tert-OH is 1. The summed E-state index contributed by atoms with van der Waals surface area (Å²) >= 11 is 17.1. The summed E-state index contributed by atoms with van der Waals surface area (Å²) in [6.45, 7) is 6.25. The van der Waals surface area contributed by atoms with Crippen LogP contribution in [0.15, 0.2) is 97.1 Å². The number of alkyl halides is 3. The highest BCUT2D eigenvalue weighted by Crippen LogP contribution is 2.42. The van der Waals surface area contributed by atoms with Crippen LogP contribution >= 0.6 is 34.8 Å².